The van der Waals surface area contributed by atoms with E-state index in [1.807, 2.05) is 14.0 Å². The molecule has 3 nitrogen and oxygen atoms in total. The second kappa shape index (κ2) is 6.62. The van der Waals surface area contributed by atoms with Gasteiger partial charge in [0.1, 0.15) is 0 Å². The molecule has 1 rings (SSSR count). The van der Waals surface area contributed by atoms with Crippen LogP contribution in [0.2, 0.25) is 0 Å². The van der Waals surface area contributed by atoms with E-state index in [0.29, 0.717) is 6.04 Å². The molecular weight excluding hydrogens is 212 g/mol. The molecule has 0 aliphatic carbocycles. The van der Waals surface area contributed by atoms with Crippen molar-refractivity contribution >= 4 is 5.69 Å². The number of nitrogens with one attached hydrogen (secondary N) is 1. The molecule has 2 atom stereocenters. The molecule has 0 amide bonds. The molecule has 0 aliphatic rings. The van der Waals surface area contributed by atoms with E-state index in [1.54, 1.807) is 0 Å². The fourth-order valence-corrected chi connectivity index (χ4v) is 1.69. The Bertz CT molecular complexity index is 321. The van der Waals surface area contributed by atoms with Crippen LogP contribution in [0.25, 0.3) is 0 Å². The number of anilines is 1. The van der Waals surface area contributed by atoms with E-state index < -0.39 is 0 Å². The fourth-order valence-electron chi connectivity index (χ4n) is 1.69. The van der Waals surface area contributed by atoms with Gasteiger partial charge in [0.05, 0.1) is 6.10 Å². The van der Waals surface area contributed by atoms with Gasteiger partial charge < -0.3 is 15.3 Å². The molecule has 17 heavy (non-hydrogen) atoms. The molecule has 0 spiro atoms. The topological polar surface area (TPSA) is 35.5 Å². The van der Waals surface area contributed by atoms with Crippen molar-refractivity contribution in [2.24, 2.45) is 0 Å². The summed E-state index contributed by atoms with van der Waals surface area (Å²) in [7, 11) is 4.02. The van der Waals surface area contributed by atoms with Crippen molar-refractivity contribution in [1.82, 2.24) is 5.32 Å². The van der Waals surface area contributed by atoms with Crippen molar-refractivity contribution in [1.29, 1.82) is 0 Å². The van der Waals surface area contributed by atoms with E-state index >= 15 is 0 Å². The highest BCUT2D eigenvalue weighted by molar-refractivity contribution is 5.47. The van der Waals surface area contributed by atoms with Crippen LogP contribution in [-0.2, 0) is 0 Å². The zero-order chi connectivity index (χ0) is 12.8. The number of rotatable bonds is 6. The van der Waals surface area contributed by atoms with Gasteiger partial charge in [-0.1, -0.05) is 12.1 Å². The van der Waals surface area contributed by atoms with E-state index in [-0.39, 0.29) is 6.10 Å². The third kappa shape index (κ3) is 4.36. The molecule has 0 saturated carbocycles. The summed E-state index contributed by atoms with van der Waals surface area (Å²) in [6.45, 7) is 4.84. The second-order valence-corrected chi connectivity index (χ2v) is 4.66. The molecule has 1 aromatic rings. The number of hydrogen-bond acceptors (Lipinski definition) is 3. The van der Waals surface area contributed by atoms with Crippen LogP contribution >= 0.6 is 0 Å². The Morgan fingerprint density at radius 1 is 1.24 bits per heavy atom. The van der Waals surface area contributed by atoms with Crippen LogP contribution in [0, 0.1) is 0 Å². The first-order valence-electron chi connectivity index (χ1n) is 6.21. The summed E-state index contributed by atoms with van der Waals surface area (Å²) < 4.78 is 0. The Morgan fingerprint density at radius 2 is 1.82 bits per heavy atom. The van der Waals surface area contributed by atoms with Crippen LogP contribution < -0.4 is 10.2 Å². The zero-order valence-corrected chi connectivity index (χ0v) is 11.3. The predicted octanol–water partition coefficient (Wildman–Crippen LogP) is 2.17. The first-order chi connectivity index (χ1) is 8.04. The lowest BCUT2D eigenvalue weighted by Crippen LogP contribution is -2.21. The average Bonchev–Trinajstić information content (AvgIpc) is 2.35. The normalized spacial score (nSPS) is 14.4. The molecule has 0 bridgehead atoms. The zero-order valence-electron chi connectivity index (χ0n) is 11.3. The van der Waals surface area contributed by atoms with Crippen molar-refractivity contribution in [2.45, 2.75) is 32.4 Å². The smallest absolute Gasteiger partial charge is 0.0528 e. The summed E-state index contributed by atoms with van der Waals surface area (Å²) in [5.41, 5.74) is 2.48. The van der Waals surface area contributed by atoms with Crippen LogP contribution in [0.4, 0.5) is 5.69 Å². The Hall–Kier alpha value is -1.06. The standard InChI is InChI=1S/C14H24N2O/c1-11(17)9-10-16(4)14-7-5-13(6-8-14)12(2)15-3/h5-8,11-12,15,17H,9-10H2,1-4H3. The highest BCUT2D eigenvalue weighted by Crippen LogP contribution is 2.18. The van der Waals surface area contributed by atoms with Crippen LogP contribution in [0.1, 0.15) is 31.9 Å². The van der Waals surface area contributed by atoms with Crippen molar-refractivity contribution < 1.29 is 5.11 Å². The van der Waals surface area contributed by atoms with Gasteiger partial charge in [-0.2, -0.15) is 0 Å². The summed E-state index contributed by atoms with van der Waals surface area (Å²) in [6, 6.07) is 8.94. The highest BCUT2D eigenvalue weighted by Gasteiger charge is 2.05. The third-order valence-corrected chi connectivity index (χ3v) is 3.15. The van der Waals surface area contributed by atoms with Crippen LogP contribution in [0.3, 0.4) is 0 Å². The minimum absolute atomic E-state index is 0.235. The minimum atomic E-state index is -0.235. The molecule has 96 valence electrons. The fraction of sp³-hybridized carbons (Fsp3) is 0.571. The Balaban J connectivity index is 2.60. The van der Waals surface area contributed by atoms with E-state index in [4.69, 9.17) is 0 Å². The molecule has 0 aromatic heterocycles. The van der Waals surface area contributed by atoms with Crippen molar-refractivity contribution in [2.75, 3.05) is 25.5 Å². The minimum Gasteiger partial charge on any atom is -0.393 e. The Morgan fingerprint density at radius 3 is 2.29 bits per heavy atom. The number of nitrogens with zero attached hydrogens (tertiary/aromatic N) is 1. The van der Waals surface area contributed by atoms with Crippen molar-refractivity contribution in [3.63, 3.8) is 0 Å². The SMILES string of the molecule is CNC(C)c1ccc(N(C)CCC(C)O)cc1. The van der Waals surface area contributed by atoms with Gasteiger partial charge in [0.25, 0.3) is 0 Å². The maximum atomic E-state index is 9.26. The molecular formula is C14H24N2O. The van der Waals surface area contributed by atoms with Gasteiger partial charge in [-0.25, -0.2) is 0 Å². The number of aliphatic hydroxyl groups is 1. The molecule has 0 saturated heterocycles. The van der Waals surface area contributed by atoms with Crippen LogP contribution in [-0.4, -0.2) is 31.9 Å². The van der Waals surface area contributed by atoms with E-state index in [2.05, 4.69) is 48.5 Å². The molecule has 0 fully saturated rings. The molecule has 2 N–H and O–H groups in total. The van der Waals surface area contributed by atoms with E-state index in [1.165, 1.54) is 11.3 Å². The summed E-state index contributed by atoms with van der Waals surface area (Å²) >= 11 is 0. The van der Waals surface area contributed by atoms with Gasteiger partial charge >= 0.3 is 0 Å². The third-order valence-electron chi connectivity index (χ3n) is 3.15. The molecule has 0 radical (unpaired) electrons. The van der Waals surface area contributed by atoms with Crippen LogP contribution in [0.15, 0.2) is 24.3 Å². The highest BCUT2D eigenvalue weighted by atomic mass is 16.3. The number of benzene rings is 1. The number of aliphatic hydroxyl groups excluding tert-OH is 1. The van der Waals surface area contributed by atoms with Crippen LogP contribution in [0.5, 0.6) is 0 Å². The summed E-state index contributed by atoms with van der Waals surface area (Å²) in [6.07, 6.45) is 0.562. The largest absolute Gasteiger partial charge is 0.393 e. The first kappa shape index (κ1) is 14.0. The van der Waals surface area contributed by atoms with Gasteiger partial charge in [0, 0.05) is 25.3 Å². The first-order valence-corrected chi connectivity index (χ1v) is 6.21. The lowest BCUT2D eigenvalue weighted by molar-refractivity contribution is 0.187. The second-order valence-electron chi connectivity index (χ2n) is 4.66. The average molecular weight is 236 g/mol. The number of hydrogen-bond donors (Lipinski definition) is 2. The van der Waals surface area contributed by atoms with E-state index in [9.17, 15) is 5.11 Å². The van der Waals surface area contributed by atoms with Gasteiger partial charge in [0.2, 0.25) is 0 Å². The van der Waals surface area contributed by atoms with Gasteiger partial charge in [-0.3, -0.25) is 0 Å². The molecule has 0 heterocycles. The van der Waals surface area contributed by atoms with E-state index in [0.717, 1.165) is 13.0 Å². The lowest BCUT2D eigenvalue weighted by atomic mass is 10.1. The van der Waals surface area contributed by atoms with Crippen molar-refractivity contribution in [3.05, 3.63) is 29.8 Å². The summed E-state index contributed by atoms with van der Waals surface area (Å²) in [5.74, 6) is 0. The quantitative estimate of drug-likeness (QED) is 0.794. The maximum absolute atomic E-state index is 9.26. The molecule has 0 aliphatic heterocycles. The molecule has 3 heteroatoms. The van der Waals surface area contributed by atoms with Gasteiger partial charge in [-0.05, 0) is 45.0 Å². The monoisotopic (exact) mass is 236 g/mol. The van der Waals surface area contributed by atoms with Gasteiger partial charge in [0.15, 0.2) is 0 Å². The lowest BCUT2D eigenvalue weighted by Gasteiger charge is -2.21. The van der Waals surface area contributed by atoms with Gasteiger partial charge in [-0.15, -0.1) is 0 Å². The molecule has 2 unspecified atom stereocenters. The maximum Gasteiger partial charge on any atom is 0.0528 e. The summed E-state index contributed by atoms with van der Waals surface area (Å²) in [4.78, 5) is 2.17. The Kier molecular flexibility index (Phi) is 5.45. The summed E-state index contributed by atoms with van der Waals surface area (Å²) in [5, 5.41) is 12.5. The Labute approximate surface area is 104 Å². The molecule has 1 aromatic carbocycles. The van der Waals surface area contributed by atoms with Crippen molar-refractivity contribution in [3.8, 4) is 0 Å². The predicted molar refractivity (Wildman–Crippen MR) is 73.5 cm³/mol.